The van der Waals surface area contributed by atoms with Gasteiger partial charge in [-0.3, -0.25) is 0 Å². The monoisotopic (exact) mass is 267 g/mol. The number of rotatable bonds is 2. The quantitative estimate of drug-likeness (QED) is 0.898. The van der Waals surface area contributed by atoms with Gasteiger partial charge in [-0.25, -0.2) is 4.79 Å². The van der Waals surface area contributed by atoms with Crippen LogP contribution >= 0.6 is 22.7 Å². The van der Waals surface area contributed by atoms with Gasteiger partial charge in [-0.15, -0.1) is 21.5 Å². The van der Waals surface area contributed by atoms with Crippen LogP contribution in [-0.4, -0.2) is 27.8 Å². The molecule has 17 heavy (non-hydrogen) atoms. The molecule has 1 aliphatic heterocycles. The van der Waals surface area contributed by atoms with Crippen LogP contribution in [0.3, 0.4) is 0 Å². The second-order valence-electron chi connectivity index (χ2n) is 3.70. The summed E-state index contributed by atoms with van der Waals surface area (Å²) in [4.78, 5) is 14.4. The van der Waals surface area contributed by atoms with Crippen LogP contribution in [0.4, 0.5) is 5.13 Å². The second-order valence-corrected chi connectivity index (χ2v) is 5.52. The fourth-order valence-corrected chi connectivity index (χ4v) is 3.60. The van der Waals surface area contributed by atoms with Gasteiger partial charge in [-0.2, -0.15) is 0 Å². The van der Waals surface area contributed by atoms with E-state index < -0.39 is 12.0 Å². The van der Waals surface area contributed by atoms with E-state index in [1.165, 1.54) is 11.3 Å². The molecule has 1 aliphatic rings. The van der Waals surface area contributed by atoms with Crippen LogP contribution in [-0.2, 0) is 11.2 Å². The highest BCUT2D eigenvalue weighted by molar-refractivity contribution is 7.13. The van der Waals surface area contributed by atoms with Gasteiger partial charge in [-0.1, -0.05) is 11.3 Å². The molecule has 0 radical (unpaired) electrons. The Morgan fingerprint density at radius 3 is 3.12 bits per heavy atom. The minimum Gasteiger partial charge on any atom is -0.479 e. The summed E-state index contributed by atoms with van der Waals surface area (Å²) in [5, 5.41) is 19.8. The van der Waals surface area contributed by atoms with Crippen molar-refractivity contribution in [1.82, 2.24) is 10.2 Å². The predicted molar refractivity (Wildman–Crippen MR) is 65.7 cm³/mol. The molecule has 1 unspecified atom stereocenters. The fourth-order valence-electron chi connectivity index (χ4n) is 2.08. The molecule has 0 saturated heterocycles. The van der Waals surface area contributed by atoms with Gasteiger partial charge in [0.2, 0.25) is 5.13 Å². The molecule has 2 aromatic rings. The molecule has 0 aliphatic carbocycles. The predicted octanol–water partition coefficient (Wildman–Crippen LogP) is 1.79. The van der Waals surface area contributed by atoms with Gasteiger partial charge in [0, 0.05) is 11.4 Å². The van der Waals surface area contributed by atoms with Gasteiger partial charge in [0.15, 0.2) is 6.04 Å². The third-order valence-corrected chi connectivity index (χ3v) is 4.52. The van der Waals surface area contributed by atoms with E-state index >= 15 is 0 Å². The summed E-state index contributed by atoms with van der Waals surface area (Å²) in [5.41, 5.74) is 2.51. The molecule has 0 fully saturated rings. The zero-order valence-electron chi connectivity index (χ0n) is 8.74. The summed E-state index contributed by atoms with van der Waals surface area (Å²) in [7, 11) is 0. The van der Waals surface area contributed by atoms with Crippen LogP contribution in [0.25, 0.3) is 0 Å². The number of carbonyl (C=O) groups is 1. The average molecular weight is 267 g/mol. The SMILES string of the molecule is O=C(O)C1c2ccsc2CCN1c1nncs1. The van der Waals surface area contributed by atoms with E-state index in [4.69, 9.17) is 0 Å². The molecule has 7 heteroatoms. The summed E-state index contributed by atoms with van der Waals surface area (Å²) in [6.45, 7) is 0.680. The largest absolute Gasteiger partial charge is 0.479 e. The lowest BCUT2D eigenvalue weighted by Gasteiger charge is -2.32. The molecular weight excluding hydrogens is 258 g/mol. The number of thiophene rings is 1. The summed E-state index contributed by atoms with van der Waals surface area (Å²) >= 11 is 2.99. The molecule has 0 saturated carbocycles. The maximum atomic E-state index is 11.4. The Hall–Kier alpha value is -1.47. The Morgan fingerprint density at radius 2 is 2.41 bits per heavy atom. The number of nitrogens with zero attached hydrogens (tertiary/aromatic N) is 3. The van der Waals surface area contributed by atoms with Crippen LogP contribution in [0.1, 0.15) is 16.5 Å². The van der Waals surface area contributed by atoms with E-state index in [0.717, 1.165) is 16.9 Å². The first-order valence-electron chi connectivity index (χ1n) is 5.09. The number of fused-ring (bicyclic) bond motifs is 1. The second kappa shape index (κ2) is 4.08. The molecule has 88 valence electrons. The fraction of sp³-hybridized carbons (Fsp3) is 0.300. The third kappa shape index (κ3) is 1.71. The van der Waals surface area contributed by atoms with E-state index in [1.807, 2.05) is 16.3 Å². The van der Waals surface area contributed by atoms with Crippen molar-refractivity contribution in [2.24, 2.45) is 0 Å². The van der Waals surface area contributed by atoms with Crippen molar-refractivity contribution in [3.05, 3.63) is 27.4 Å². The van der Waals surface area contributed by atoms with Gasteiger partial charge in [0.05, 0.1) is 0 Å². The van der Waals surface area contributed by atoms with Gasteiger partial charge >= 0.3 is 5.97 Å². The maximum absolute atomic E-state index is 11.4. The first kappa shape index (κ1) is 10.7. The minimum absolute atomic E-state index is 0.627. The van der Waals surface area contributed by atoms with Crippen molar-refractivity contribution in [2.45, 2.75) is 12.5 Å². The summed E-state index contributed by atoms with van der Waals surface area (Å²) in [5.74, 6) is -0.834. The van der Waals surface area contributed by atoms with Crippen molar-refractivity contribution >= 4 is 33.8 Å². The first-order chi connectivity index (χ1) is 8.27. The Morgan fingerprint density at radius 1 is 1.53 bits per heavy atom. The highest BCUT2D eigenvalue weighted by atomic mass is 32.1. The Balaban J connectivity index is 2.05. The highest BCUT2D eigenvalue weighted by Crippen LogP contribution is 2.36. The topological polar surface area (TPSA) is 66.3 Å². The average Bonchev–Trinajstić information content (AvgIpc) is 2.98. The lowest BCUT2D eigenvalue weighted by molar-refractivity contribution is -0.138. The van der Waals surface area contributed by atoms with E-state index in [2.05, 4.69) is 10.2 Å². The number of hydrogen-bond donors (Lipinski definition) is 1. The lowest BCUT2D eigenvalue weighted by atomic mass is 10.0. The third-order valence-electron chi connectivity index (χ3n) is 2.79. The van der Waals surface area contributed by atoms with Crippen molar-refractivity contribution in [3.8, 4) is 0 Å². The number of anilines is 1. The molecule has 1 N–H and O–H groups in total. The molecule has 3 heterocycles. The molecule has 0 amide bonds. The van der Waals surface area contributed by atoms with E-state index in [0.29, 0.717) is 11.7 Å². The Kier molecular flexibility index (Phi) is 2.56. The normalized spacial score (nSPS) is 19.1. The van der Waals surface area contributed by atoms with Crippen LogP contribution in [0.15, 0.2) is 17.0 Å². The molecule has 0 bridgehead atoms. The highest BCUT2D eigenvalue weighted by Gasteiger charge is 2.35. The van der Waals surface area contributed by atoms with Gasteiger partial charge in [-0.05, 0) is 23.4 Å². The molecule has 1 atom stereocenters. The zero-order valence-corrected chi connectivity index (χ0v) is 10.4. The molecule has 0 aromatic carbocycles. The van der Waals surface area contributed by atoms with Crippen LogP contribution in [0.2, 0.25) is 0 Å². The molecule has 2 aromatic heterocycles. The van der Waals surface area contributed by atoms with Crippen molar-refractivity contribution in [1.29, 1.82) is 0 Å². The van der Waals surface area contributed by atoms with Gasteiger partial charge in [0.1, 0.15) is 5.51 Å². The molecule has 0 spiro atoms. The van der Waals surface area contributed by atoms with Crippen molar-refractivity contribution in [2.75, 3.05) is 11.4 Å². The van der Waals surface area contributed by atoms with E-state index in [-0.39, 0.29) is 0 Å². The minimum atomic E-state index is -0.834. The number of carboxylic acid groups (broad SMARTS) is 1. The molecular formula is C10H9N3O2S2. The summed E-state index contributed by atoms with van der Waals surface area (Å²) < 4.78 is 0. The van der Waals surface area contributed by atoms with Gasteiger partial charge in [0.25, 0.3) is 0 Å². The van der Waals surface area contributed by atoms with Crippen LogP contribution in [0.5, 0.6) is 0 Å². The number of aromatic nitrogens is 2. The maximum Gasteiger partial charge on any atom is 0.331 e. The standard InChI is InChI=1S/C10H9N3O2S2/c14-9(15)8-6-2-4-16-7(6)1-3-13(8)10-12-11-5-17-10/h2,4-5,8H,1,3H2,(H,14,15). The number of carboxylic acids is 1. The van der Waals surface area contributed by atoms with Gasteiger partial charge < -0.3 is 10.0 Å². The number of hydrogen-bond acceptors (Lipinski definition) is 6. The van der Waals surface area contributed by atoms with Crippen LogP contribution < -0.4 is 4.90 Å². The summed E-state index contributed by atoms with van der Waals surface area (Å²) in [6.07, 6.45) is 0.871. The van der Waals surface area contributed by atoms with E-state index in [1.54, 1.807) is 16.8 Å². The van der Waals surface area contributed by atoms with Crippen LogP contribution in [0, 0.1) is 0 Å². The van der Waals surface area contributed by atoms with Crippen molar-refractivity contribution in [3.63, 3.8) is 0 Å². The molecule has 5 nitrogen and oxygen atoms in total. The molecule has 3 rings (SSSR count). The first-order valence-corrected chi connectivity index (χ1v) is 6.85. The smallest absolute Gasteiger partial charge is 0.331 e. The number of aliphatic carboxylic acids is 1. The zero-order chi connectivity index (χ0) is 11.8. The van der Waals surface area contributed by atoms with Crippen molar-refractivity contribution < 1.29 is 9.90 Å². The lowest BCUT2D eigenvalue weighted by Crippen LogP contribution is -2.39. The summed E-state index contributed by atoms with van der Waals surface area (Å²) in [6, 6.07) is 1.27. The Bertz CT molecular complexity index is 538. The Labute approximate surface area is 105 Å². The van der Waals surface area contributed by atoms with E-state index in [9.17, 15) is 9.90 Å².